The zero-order chi connectivity index (χ0) is 10.1. The highest BCUT2D eigenvalue weighted by Crippen LogP contribution is 2.31. The number of nitrogens with zero attached hydrogens (tertiary/aromatic N) is 1. The molecule has 1 aliphatic heterocycles. The maximum Gasteiger partial charge on any atom is 0.335 e. The Morgan fingerprint density at radius 1 is 1.57 bits per heavy atom. The molecule has 0 bridgehead atoms. The summed E-state index contributed by atoms with van der Waals surface area (Å²) in [7, 11) is 1.92. The highest BCUT2D eigenvalue weighted by molar-refractivity contribution is 5.89. The molecule has 0 spiro atoms. The summed E-state index contributed by atoms with van der Waals surface area (Å²) in [6, 6.07) is 4.89. The van der Waals surface area contributed by atoms with E-state index < -0.39 is 5.97 Å². The summed E-state index contributed by atoms with van der Waals surface area (Å²) in [5.74, 6) is -0.157. The average molecular weight is 193 g/mol. The summed E-state index contributed by atoms with van der Waals surface area (Å²) in [5, 5.41) is 8.81. The number of fused-ring (bicyclic) bond motifs is 1. The van der Waals surface area contributed by atoms with Crippen LogP contribution in [0.5, 0.6) is 5.75 Å². The second-order valence-electron chi connectivity index (χ2n) is 3.26. The van der Waals surface area contributed by atoms with Gasteiger partial charge in [-0.2, -0.15) is 0 Å². The topological polar surface area (TPSA) is 49.8 Å². The van der Waals surface area contributed by atoms with E-state index in [1.165, 1.54) is 0 Å². The number of rotatable bonds is 1. The molecule has 74 valence electrons. The number of aromatic carboxylic acids is 1. The first kappa shape index (κ1) is 8.87. The van der Waals surface area contributed by atoms with Crippen LogP contribution in [0, 0.1) is 0 Å². The quantitative estimate of drug-likeness (QED) is 0.728. The van der Waals surface area contributed by atoms with E-state index >= 15 is 0 Å². The van der Waals surface area contributed by atoms with Crippen molar-refractivity contribution in [1.29, 1.82) is 0 Å². The Morgan fingerprint density at radius 2 is 2.36 bits per heavy atom. The third-order valence-electron chi connectivity index (χ3n) is 2.30. The highest BCUT2D eigenvalue weighted by Gasteiger charge is 2.16. The van der Waals surface area contributed by atoms with E-state index in [9.17, 15) is 4.79 Å². The molecule has 1 aromatic rings. The maximum atomic E-state index is 10.7. The van der Waals surface area contributed by atoms with Gasteiger partial charge in [0.05, 0.1) is 17.8 Å². The van der Waals surface area contributed by atoms with Crippen molar-refractivity contribution in [3.8, 4) is 5.75 Å². The van der Waals surface area contributed by atoms with Crippen molar-refractivity contribution in [2.45, 2.75) is 0 Å². The molecule has 0 aromatic heterocycles. The van der Waals surface area contributed by atoms with Gasteiger partial charge in [0.25, 0.3) is 0 Å². The molecule has 0 unspecified atom stereocenters. The first-order chi connectivity index (χ1) is 6.68. The number of hydrogen-bond acceptors (Lipinski definition) is 3. The number of anilines is 1. The van der Waals surface area contributed by atoms with Crippen LogP contribution in [0.3, 0.4) is 0 Å². The molecule has 0 amide bonds. The first-order valence-electron chi connectivity index (χ1n) is 4.40. The second-order valence-corrected chi connectivity index (χ2v) is 3.26. The average Bonchev–Trinajstić information content (AvgIpc) is 2.18. The zero-order valence-electron chi connectivity index (χ0n) is 7.86. The van der Waals surface area contributed by atoms with Gasteiger partial charge in [-0.1, -0.05) is 0 Å². The SMILES string of the molecule is CN1CCOc2ccc(C(=O)O)cc21. The Balaban J connectivity index is 2.45. The number of carboxylic acids is 1. The van der Waals surface area contributed by atoms with Crippen molar-refractivity contribution < 1.29 is 14.6 Å². The van der Waals surface area contributed by atoms with E-state index in [4.69, 9.17) is 9.84 Å². The number of ether oxygens (including phenoxy) is 1. The molecule has 1 aromatic carbocycles. The molecule has 0 saturated carbocycles. The van der Waals surface area contributed by atoms with Crippen LogP contribution in [0.2, 0.25) is 0 Å². The first-order valence-corrected chi connectivity index (χ1v) is 4.40. The fourth-order valence-corrected chi connectivity index (χ4v) is 1.48. The third kappa shape index (κ3) is 1.39. The Morgan fingerprint density at radius 3 is 3.07 bits per heavy atom. The maximum absolute atomic E-state index is 10.7. The van der Waals surface area contributed by atoms with Crippen molar-refractivity contribution >= 4 is 11.7 Å². The van der Waals surface area contributed by atoms with Crippen LogP contribution in [0.4, 0.5) is 5.69 Å². The minimum absolute atomic E-state index is 0.293. The van der Waals surface area contributed by atoms with Gasteiger partial charge in [-0.15, -0.1) is 0 Å². The summed E-state index contributed by atoms with van der Waals surface area (Å²) in [5.41, 5.74) is 1.14. The largest absolute Gasteiger partial charge is 0.490 e. The molecular formula is C10H11NO3. The molecule has 1 heterocycles. The number of hydrogen-bond donors (Lipinski definition) is 1. The Labute approximate surface area is 81.7 Å². The molecule has 1 N–H and O–H groups in total. The molecule has 0 aliphatic carbocycles. The number of likely N-dealkylation sites (N-methyl/N-ethyl adjacent to an activating group) is 1. The smallest absolute Gasteiger partial charge is 0.335 e. The van der Waals surface area contributed by atoms with Gasteiger partial charge in [-0.05, 0) is 18.2 Å². The minimum Gasteiger partial charge on any atom is -0.490 e. The van der Waals surface area contributed by atoms with E-state index in [1.807, 2.05) is 11.9 Å². The van der Waals surface area contributed by atoms with E-state index in [0.717, 1.165) is 18.0 Å². The van der Waals surface area contributed by atoms with Gasteiger partial charge in [-0.25, -0.2) is 4.79 Å². The fourth-order valence-electron chi connectivity index (χ4n) is 1.48. The Hall–Kier alpha value is -1.71. The molecule has 4 heteroatoms. The lowest BCUT2D eigenvalue weighted by Crippen LogP contribution is -2.28. The highest BCUT2D eigenvalue weighted by atomic mass is 16.5. The summed E-state index contributed by atoms with van der Waals surface area (Å²) in [6.07, 6.45) is 0. The van der Waals surface area contributed by atoms with Gasteiger partial charge in [0.2, 0.25) is 0 Å². The zero-order valence-corrected chi connectivity index (χ0v) is 7.86. The summed E-state index contributed by atoms with van der Waals surface area (Å²) >= 11 is 0. The number of carbonyl (C=O) groups is 1. The lowest BCUT2D eigenvalue weighted by atomic mass is 10.1. The third-order valence-corrected chi connectivity index (χ3v) is 2.30. The predicted molar refractivity (Wildman–Crippen MR) is 52.2 cm³/mol. The predicted octanol–water partition coefficient (Wildman–Crippen LogP) is 1.21. The molecule has 1 aliphatic rings. The van der Waals surface area contributed by atoms with Gasteiger partial charge in [0.15, 0.2) is 0 Å². The number of benzene rings is 1. The molecule has 0 atom stereocenters. The van der Waals surface area contributed by atoms with Crippen LogP contribution in [-0.4, -0.2) is 31.3 Å². The van der Waals surface area contributed by atoms with Crippen molar-refractivity contribution in [3.05, 3.63) is 23.8 Å². The van der Waals surface area contributed by atoms with Crippen LogP contribution in [0.15, 0.2) is 18.2 Å². The molecule has 0 radical (unpaired) electrons. The van der Waals surface area contributed by atoms with Crippen LogP contribution in [0.25, 0.3) is 0 Å². The summed E-state index contributed by atoms with van der Waals surface area (Å²) in [6.45, 7) is 1.44. The van der Waals surface area contributed by atoms with Gasteiger partial charge >= 0.3 is 5.97 Å². The van der Waals surface area contributed by atoms with E-state index in [2.05, 4.69) is 0 Å². The van der Waals surface area contributed by atoms with Crippen LogP contribution in [-0.2, 0) is 0 Å². The van der Waals surface area contributed by atoms with Gasteiger partial charge in [0.1, 0.15) is 12.4 Å². The van der Waals surface area contributed by atoms with E-state index in [0.29, 0.717) is 12.2 Å². The molecule has 0 fully saturated rings. The standard InChI is InChI=1S/C10H11NO3/c1-11-4-5-14-9-3-2-7(10(12)13)6-8(9)11/h2-3,6H,4-5H2,1H3,(H,12,13). The van der Waals surface area contributed by atoms with Crippen LogP contribution < -0.4 is 9.64 Å². The van der Waals surface area contributed by atoms with Crippen molar-refractivity contribution in [3.63, 3.8) is 0 Å². The Bertz CT molecular complexity index is 376. The molecule has 0 saturated heterocycles. The van der Waals surface area contributed by atoms with E-state index in [-0.39, 0.29) is 0 Å². The van der Waals surface area contributed by atoms with Gasteiger partial charge in [0, 0.05) is 7.05 Å². The molecule has 4 nitrogen and oxygen atoms in total. The minimum atomic E-state index is -0.910. The molecule has 14 heavy (non-hydrogen) atoms. The lowest BCUT2D eigenvalue weighted by Gasteiger charge is -2.27. The van der Waals surface area contributed by atoms with Crippen molar-refractivity contribution in [2.24, 2.45) is 0 Å². The lowest BCUT2D eigenvalue weighted by molar-refractivity contribution is 0.0697. The van der Waals surface area contributed by atoms with Crippen molar-refractivity contribution in [2.75, 3.05) is 25.1 Å². The van der Waals surface area contributed by atoms with Crippen molar-refractivity contribution in [1.82, 2.24) is 0 Å². The summed E-state index contributed by atoms with van der Waals surface area (Å²) in [4.78, 5) is 12.7. The number of carboxylic acid groups (broad SMARTS) is 1. The summed E-state index contributed by atoms with van der Waals surface area (Å²) < 4.78 is 5.39. The van der Waals surface area contributed by atoms with Crippen LogP contribution in [0.1, 0.15) is 10.4 Å². The van der Waals surface area contributed by atoms with Gasteiger partial charge in [-0.3, -0.25) is 0 Å². The van der Waals surface area contributed by atoms with E-state index in [1.54, 1.807) is 18.2 Å². The van der Waals surface area contributed by atoms with Crippen LogP contribution >= 0.6 is 0 Å². The Kier molecular flexibility index (Phi) is 2.04. The monoisotopic (exact) mass is 193 g/mol. The molecular weight excluding hydrogens is 182 g/mol. The normalized spacial score (nSPS) is 14.5. The second kappa shape index (κ2) is 3.21. The van der Waals surface area contributed by atoms with Gasteiger partial charge < -0.3 is 14.7 Å². The fraction of sp³-hybridized carbons (Fsp3) is 0.300. The molecule has 2 rings (SSSR count).